The number of anilines is 1. The van der Waals surface area contributed by atoms with Gasteiger partial charge in [-0.2, -0.15) is 4.31 Å². The van der Waals surface area contributed by atoms with Crippen LogP contribution in [0.15, 0.2) is 89.8 Å². The number of hydrogen-bond donors (Lipinski definition) is 1. The summed E-state index contributed by atoms with van der Waals surface area (Å²) in [7, 11) is -3.93. The van der Waals surface area contributed by atoms with E-state index in [9.17, 15) is 18.0 Å². The van der Waals surface area contributed by atoms with E-state index in [4.69, 9.17) is 0 Å². The Bertz CT molecular complexity index is 1410. The second-order valence-electron chi connectivity index (χ2n) is 10.6. The van der Waals surface area contributed by atoms with E-state index in [0.717, 1.165) is 24.8 Å². The van der Waals surface area contributed by atoms with Crippen molar-refractivity contribution >= 4 is 27.6 Å². The average Bonchev–Trinajstić information content (AvgIpc) is 2.99. The number of amides is 3. The van der Waals surface area contributed by atoms with Crippen molar-refractivity contribution in [1.82, 2.24) is 14.1 Å². The Labute approximate surface area is 236 Å². The fourth-order valence-corrected chi connectivity index (χ4v) is 7.11. The lowest BCUT2D eigenvalue weighted by Gasteiger charge is -2.42. The average molecular weight is 561 g/mol. The number of rotatable bonds is 6. The fraction of sp³-hybridized carbons (Fsp3) is 0.355. The molecule has 5 rings (SSSR count). The van der Waals surface area contributed by atoms with Crippen molar-refractivity contribution in [3.63, 3.8) is 0 Å². The van der Waals surface area contributed by atoms with Gasteiger partial charge in [-0.15, -0.1) is 0 Å². The fourth-order valence-electron chi connectivity index (χ4n) is 5.52. The molecule has 9 heteroatoms. The number of urea groups is 1. The van der Waals surface area contributed by atoms with E-state index in [1.165, 1.54) is 9.87 Å². The summed E-state index contributed by atoms with van der Waals surface area (Å²) in [5.41, 5.74) is 3.02. The molecule has 2 heterocycles. The molecule has 0 aromatic heterocycles. The van der Waals surface area contributed by atoms with Gasteiger partial charge in [0, 0.05) is 38.4 Å². The molecule has 1 unspecified atom stereocenters. The van der Waals surface area contributed by atoms with E-state index < -0.39 is 16.1 Å². The third-order valence-corrected chi connectivity index (χ3v) is 9.77. The van der Waals surface area contributed by atoms with Gasteiger partial charge in [-0.1, -0.05) is 66.2 Å². The highest BCUT2D eigenvalue weighted by Crippen LogP contribution is 2.27. The van der Waals surface area contributed by atoms with Crippen LogP contribution in [0.5, 0.6) is 0 Å². The maximum atomic E-state index is 13.9. The quantitative estimate of drug-likeness (QED) is 0.485. The number of nitrogens with zero attached hydrogens (tertiary/aromatic N) is 3. The number of carbonyl (C=O) groups is 2. The third kappa shape index (κ3) is 6.37. The van der Waals surface area contributed by atoms with Crippen molar-refractivity contribution in [3.8, 4) is 0 Å². The molecule has 0 radical (unpaired) electrons. The molecule has 2 aliphatic heterocycles. The SMILES string of the molecule is Cc1ccc(NC(=O)N2CCN(S(=O)(=O)c3ccccc3)C(C(=O)N3CCC(Cc4ccccc4)CC3)C2)cc1. The smallest absolute Gasteiger partial charge is 0.321 e. The Morgan fingerprint density at radius 2 is 1.43 bits per heavy atom. The van der Waals surface area contributed by atoms with Gasteiger partial charge >= 0.3 is 6.03 Å². The van der Waals surface area contributed by atoms with Gasteiger partial charge in [-0.3, -0.25) is 4.79 Å². The first-order valence-corrected chi connectivity index (χ1v) is 15.3. The molecule has 3 amide bonds. The first-order valence-electron chi connectivity index (χ1n) is 13.8. The van der Waals surface area contributed by atoms with Gasteiger partial charge < -0.3 is 15.1 Å². The zero-order valence-corrected chi connectivity index (χ0v) is 23.6. The number of aryl methyl sites for hydroxylation is 1. The summed E-state index contributed by atoms with van der Waals surface area (Å²) in [5, 5.41) is 2.89. The number of piperidine rings is 1. The van der Waals surface area contributed by atoms with Gasteiger partial charge in [0.15, 0.2) is 0 Å². The van der Waals surface area contributed by atoms with Crippen LogP contribution in [0, 0.1) is 12.8 Å². The zero-order chi connectivity index (χ0) is 28.1. The van der Waals surface area contributed by atoms with Crippen molar-refractivity contribution in [2.75, 3.05) is 38.0 Å². The summed E-state index contributed by atoms with van der Waals surface area (Å²) in [6.45, 7) is 3.33. The van der Waals surface area contributed by atoms with E-state index >= 15 is 0 Å². The Balaban J connectivity index is 1.32. The maximum absolute atomic E-state index is 13.9. The molecule has 0 spiro atoms. The van der Waals surface area contributed by atoms with Crippen LogP contribution in [0.1, 0.15) is 24.0 Å². The molecule has 2 aliphatic rings. The van der Waals surface area contributed by atoms with Crippen LogP contribution in [0.3, 0.4) is 0 Å². The van der Waals surface area contributed by atoms with Gasteiger partial charge in [0.2, 0.25) is 15.9 Å². The summed E-state index contributed by atoms with van der Waals surface area (Å²) in [6, 6.07) is 24.7. The molecular weight excluding hydrogens is 524 g/mol. The topological polar surface area (TPSA) is 90.0 Å². The lowest BCUT2D eigenvalue weighted by atomic mass is 9.90. The maximum Gasteiger partial charge on any atom is 0.321 e. The largest absolute Gasteiger partial charge is 0.341 e. The summed E-state index contributed by atoms with van der Waals surface area (Å²) in [6.07, 6.45) is 2.68. The normalized spacial score (nSPS) is 18.9. The Morgan fingerprint density at radius 3 is 2.08 bits per heavy atom. The van der Waals surface area contributed by atoms with Gasteiger partial charge in [-0.05, 0) is 61.9 Å². The standard InChI is InChI=1S/C31H36N4O4S/c1-24-12-14-27(15-13-24)32-31(37)34-20-21-35(40(38,39)28-10-6-3-7-11-28)29(23-34)30(36)33-18-16-26(17-19-33)22-25-8-4-2-5-9-25/h2-15,26,29H,16-23H2,1H3,(H,32,37). The predicted molar refractivity (Wildman–Crippen MR) is 155 cm³/mol. The van der Waals surface area contributed by atoms with Gasteiger partial charge in [-0.25, -0.2) is 13.2 Å². The molecule has 0 saturated carbocycles. The molecule has 8 nitrogen and oxygen atoms in total. The van der Waals surface area contributed by atoms with Crippen molar-refractivity contribution in [3.05, 3.63) is 96.1 Å². The molecule has 2 fully saturated rings. The third-order valence-electron chi connectivity index (χ3n) is 7.85. The molecular formula is C31H36N4O4S. The predicted octanol–water partition coefficient (Wildman–Crippen LogP) is 4.38. The van der Waals surface area contributed by atoms with Crippen LogP contribution < -0.4 is 5.32 Å². The Morgan fingerprint density at radius 1 is 0.800 bits per heavy atom. The zero-order valence-electron chi connectivity index (χ0n) is 22.8. The summed E-state index contributed by atoms with van der Waals surface area (Å²) >= 11 is 0. The summed E-state index contributed by atoms with van der Waals surface area (Å²) in [4.78, 5) is 30.6. The Hall–Kier alpha value is -3.69. The molecule has 2 saturated heterocycles. The monoisotopic (exact) mass is 560 g/mol. The molecule has 0 bridgehead atoms. The minimum absolute atomic E-state index is 0.00741. The van der Waals surface area contributed by atoms with Gasteiger partial charge in [0.25, 0.3) is 0 Å². The lowest BCUT2D eigenvalue weighted by molar-refractivity contribution is -0.138. The van der Waals surface area contributed by atoms with E-state index in [1.807, 2.05) is 49.4 Å². The van der Waals surface area contributed by atoms with Crippen molar-refractivity contribution in [1.29, 1.82) is 0 Å². The van der Waals surface area contributed by atoms with E-state index in [0.29, 0.717) is 24.7 Å². The van der Waals surface area contributed by atoms with Crippen LogP contribution >= 0.6 is 0 Å². The number of nitrogens with one attached hydrogen (secondary N) is 1. The first-order chi connectivity index (χ1) is 19.3. The number of sulfonamides is 1. The second kappa shape index (κ2) is 12.2. The summed E-state index contributed by atoms with van der Waals surface area (Å²) in [5.74, 6) is 0.226. The molecule has 3 aromatic carbocycles. The molecule has 0 aliphatic carbocycles. The van der Waals surface area contributed by atoms with Crippen molar-refractivity contribution in [2.45, 2.75) is 37.1 Å². The number of benzene rings is 3. The van der Waals surface area contributed by atoms with E-state index in [-0.39, 0.29) is 36.5 Å². The molecule has 210 valence electrons. The summed E-state index contributed by atoms with van der Waals surface area (Å²) < 4.78 is 28.6. The van der Waals surface area contributed by atoms with Gasteiger partial charge in [0.1, 0.15) is 6.04 Å². The van der Waals surface area contributed by atoms with Crippen molar-refractivity contribution in [2.24, 2.45) is 5.92 Å². The highest BCUT2D eigenvalue weighted by molar-refractivity contribution is 7.89. The van der Waals surface area contributed by atoms with Crippen LogP contribution in [-0.2, 0) is 21.2 Å². The van der Waals surface area contributed by atoms with Gasteiger partial charge in [0.05, 0.1) is 4.90 Å². The number of piperazine rings is 1. The van der Waals surface area contributed by atoms with E-state index in [2.05, 4.69) is 17.4 Å². The second-order valence-corrected chi connectivity index (χ2v) is 12.5. The minimum Gasteiger partial charge on any atom is -0.341 e. The first kappa shape index (κ1) is 27.9. The molecule has 1 atom stereocenters. The van der Waals surface area contributed by atoms with Crippen LogP contribution in [0.25, 0.3) is 0 Å². The molecule has 3 aromatic rings. The molecule has 1 N–H and O–H groups in total. The number of hydrogen-bond acceptors (Lipinski definition) is 4. The van der Waals surface area contributed by atoms with Crippen LogP contribution in [0.4, 0.5) is 10.5 Å². The number of likely N-dealkylation sites (tertiary alicyclic amines) is 1. The van der Waals surface area contributed by atoms with Crippen molar-refractivity contribution < 1.29 is 18.0 Å². The van der Waals surface area contributed by atoms with E-state index in [1.54, 1.807) is 40.1 Å². The highest BCUT2D eigenvalue weighted by Gasteiger charge is 2.43. The lowest BCUT2D eigenvalue weighted by Crippen LogP contribution is -2.62. The molecule has 40 heavy (non-hydrogen) atoms. The minimum atomic E-state index is -3.93. The van der Waals surface area contributed by atoms with Crippen LogP contribution in [0.2, 0.25) is 0 Å². The highest BCUT2D eigenvalue weighted by atomic mass is 32.2. The number of carbonyl (C=O) groups excluding carboxylic acids is 2. The van der Waals surface area contributed by atoms with Crippen LogP contribution in [-0.4, -0.2) is 73.2 Å². The Kier molecular flexibility index (Phi) is 8.52.